The smallest absolute Gasteiger partial charge is 0.134 e. The number of hydrogen-bond acceptors (Lipinski definition) is 2. The molecule has 1 aromatic carbocycles. The first-order valence-electron chi connectivity index (χ1n) is 5.76. The second-order valence-electron chi connectivity index (χ2n) is 3.59. The second-order valence-corrected chi connectivity index (χ2v) is 3.59. The SMILES string of the molecule is CCCC(N)C#Cc1ccccc1OCC. The van der Waals surface area contributed by atoms with E-state index in [0.29, 0.717) is 6.61 Å². The van der Waals surface area contributed by atoms with Gasteiger partial charge in [0.25, 0.3) is 0 Å². The predicted octanol–water partition coefficient (Wildman–Crippen LogP) is 2.56. The van der Waals surface area contributed by atoms with Gasteiger partial charge in [-0.1, -0.05) is 37.3 Å². The molecule has 0 aliphatic carbocycles. The van der Waals surface area contributed by atoms with Crippen molar-refractivity contribution in [3.8, 4) is 17.6 Å². The van der Waals surface area contributed by atoms with Gasteiger partial charge in [-0.3, -0.25) is 0 Å². The zero-order valence-corrected chi connectivity index (χ0v) is 9.99. The third-order valence-electron chi connectivity index (χ3n) is 2.18. The fourth-order valence-electron chi connectivity index (χ4n) is 1.40. The summed E-state index contributed by atoms with van der Waals surface area (Å²) >= 11 is 0. The Hall–Kier alpha value is -1.46. The highest BCUT2D eigenvalue weighted by Crippen LogP contribution is 2.16. The predicted molar refractivity (Wildman–Crippen MR) is 67.4 cm³/mol. The highest BCUT2D eigenvalue weighted by atomic mass is 16.5. The average molecular weight is 217 g/mol. The molecular formula is C14H19NO. The van der Waals surface area contributed by atoms with Gasteiger partial charge in [-0.2, -0.15) is 0 Å². The van der Waals surface area contributed by atoms with Crippen LogP contribution in [0.5, 0.6) is 5.75 Å². The van der Waals surface area contributed by atoms with Gasteiger partial charge in [-0.25, -0.2) is 0 Å². The Labute approximate surface area is 97.8 Å². The second kappa shape index (κ2) is 6.92. The van der Waals surface area contributed by atoms with Gasteiger partial charge >= 0.3 is 0 Å². The molecular weight excluding hydrogens is 198 g/mol. The third-order valence-corrected chi connectivity index (χ3v) is 2.18. The molecule has 2 nitrogen and oxygen atoms in total. The van der Waals surface area contributed by atoms with Crippen LogP contribution < -0.4 is 10.5 Å². The molecule has 0 bridgehead atoms. The monoisotopic (exact) mass is 217 g/mol. The molecule has 1 rings (SSSR count). The van der Waals surface area contributed by atoms with Gasteiger partial charge in [0.05, 0.1) is 18.2 Å². The Morgan fingerprint density at radius 1 is 1.31 bits per heavy atom. The molecule has 0 radical (unpaired) electrons. The van der Waals surface area contributed by atoms with Crippen molar-refractivity contribution in [2.75, 3.05) is 6.61 Å². The summed E-state index contributed by atoms with van der Waals surface area (Å²) in [4.78, 5) is 0. The number of para-hydroxylation sites is 1. The lowest BCUT2D eigenvalue weighted by Gasteiger charge is -2.05. The highest BCUT2D eigenvalue weighted by Gasteiger charge is 1.99. The van der Waals surface area contributed by atoms with Crippen LogP contribution >= 0.6 is 0 Å². The van der Waals surface area contributed by atoms with E-state index in [1.807, 2.05) is 31.2 Å². The van der Waals surface area contributed by atoms with Crippen LogP contribution in [0.4, 0.5) is 0 Å². The summed E-state index contributed by atoms with van der Waals surface area (Å²) < 4.78 is 5.49. The van der Waals surface area contributed by atoms with Crippen molar-refractivity contribution in [3.05, 3.63) is 29.8 Å². The standard InChI is InChI=1S/C14H19NO/c1-3-7-13(15)11-10-12-8-5-6-9-14(12)16-4-2/h5-6,8-9,13H,3-4,7,15H2,1-2H3. The number of rotatable bonds is 4. The van der Waals surface area contributed by atoms with Crippen LogP contribution in [-0.2, 0) is 0 Å². The summed E-state index contributed by atoms with van der Waals surface area (Å²) in [7, 11) is 0. The Balaban J connectivity index is 2.78. The van der Waals surface area contributed by atoms with Gasteiger partial charge in [0.15, 0.2) is 0 Å². The molecule has 1 atom stereocenters. The molecule has 0 aromatic heterocycles. The first-order chi connectivity index (χ1) is 7.77. The highest BCUT2D eigenvalue weighted by molar-refractivity contribution is 5.46. The fourth-order valence-corrected chi connectivity index (χ4v) is 1.40. The lowest BCUT2D eigenvalue weighted by molar-refractivity contribution is 0.339. The molecule has 2 heteroatoms. The first kappa shape index (κ1) is 12.6. The minimum atomic E-state index is -0.0420. The van der Waals surface area contributed by atoms with Crippen LogP contribution in [0, 0.1) is 11.8 Å². The number of ether oxygens (including phenoxy) is 1. The Morgan fingerprint density at radius 2 is 2.06 bits per heavy atom. The van der Waals surface area contributed by atoms with Crippen LogP contribution in [0.3, 0.4) is 0 Å². The average Bonchev–Trinajstić information content (AvgIpc) is 2.29. The zero-order valence-electron chi connectivity index (χ0n) is 9.99. The number of nitrogens with two attached hydrogens (primary N) is 1. The van der Waals surface area contributed by atoms with Crippen molar-refractivity contribution in [2.45, 2.75) is 32.7 Å². The fraction of sp³-hybridized carbons (Fsp3) is 0.429. The van der Waals surface area contributed by atoms with Crippen LogP contribution in [-0.4, -0.2) is 12.6 Å². The molecule has 0 spiro atoms. The summed E-state index contributed by atoms with van der Waals surface area (Å²) in [5.74, 6) is 6.96. The maximum Gasteiger partial charge on any atom is 0.134 e. The van der Waals surface area contributed by atoms with Crippen molar-refractivity contribution >= 4 is 0 Å². The van der Waals surface area contributed by atoms with E-state index >= 15 is 0 Å². The van der Waals surface area contributed by atoms with Gasteiger partial charge in [-0.05, 0) is 25.5 Å². The largest absolute Gasteiger partial charge is 0.493 e. The lowest BCUT2D eigenvalue weighted by atomic mass is 10.1. The van der Waals surface area contributed by atoms with Gasteiger partial charge in [-0.15, -0.1) is 0 Å². The zero-order chi connectivity index (χ0) is 11.8. The van der Waals surface area contributed by atoms with Crippen LogP contribution in [0.1, 0.15) is 32.3 Å². The van der Waals surface area contributed by atoms with Gasteiger partial charge in [0.1, 0.15) is 5.75 Å². The summed E-state index contributed by atoms with van der Waals surface area (Å²) in [6, 6.07) is 7.75. The summed E-state index contributed by atoms with van der Waals surface area (Å²) in [5, 5.41) is 0. The van der Waals surface area contributed by atoms with Gasteiger partial charge in [0, 0.05) is 0 Å². The lowest BCUT2D eigenvalue weighted by Crippen LogP contribution is -2.16. The van der Waals surface area contributed by atoms with E-state index in [1.54, 1.807) is 0 Å². The van der Waals surface area contributed by atoms with Crippen LogP contribution in [0.25, 0.3) is 0 Å². The molecule has 0 aliphatic rings. The molecule has 0 saturated carbocycles. The van der Waals surface area contributed by atoms with E-state index in [0.717, 1.165) is 24.2 Å². The molecule has 86 valence electrons. The van der Waals surface area contributed by atoms with Crippen LogP contribution in [0.2, 0.25) is 0 Å². The van der Waals surface area contributed by atoms with E-state index in [1.165, 1.54) is 0 Å². The third kappa shape index (κ3) is 3.96. The van der Waals surface area contributed by atoms with Gasteiger partial charge in [0.2, 0.25) is 0 Å². The molecule has 2 N–H and O–H groups in total. The molecule has 0 fully saturated rings. The summed E-state index contributed by atoms with van der Waals surface area (Å²) in [6.45, 7) is 4.72. The van der Waals surface area contributed by atoms with Crippen molar-refractivity contribution in [3.63, 3.8) is 0 Å². The molecule has 1 unspecified atom stereocenters. The molecule has 0 aliphatic heterocycles. The Morgan fingerprint density at radius 3 is 2.75 bits per heavy atom. The van der Waals surface area contributed by atoms with E-state index < -0.39 is 0 Å². The van der Waals surface area contributed by atoms with Gasteiger partial charge < -0.3 is 10.5 Å². The summed E-state index contributed by atoms with van der Waals surface area (Å²) in [6.07, 6.45) is 1.99. The first-order valence-corrected chi connectivity index (χ1v) is 5.76. The van der Waals surface area contributed by atoms with Crippen molar-refractivity contribution in [1.82, 2.24) is 0 Å². The molecule has 16 heavy (non-hydrogen) atoms. The topological polar surface area (TPSA) is 35.2 Å². The van der Waals surface area contributed by atoms with E-state index in [2.05, 4.69) is 18.8 Å². The molecule has 0 saturated heterocycles. The Kier molecular flexibility index (Phi) is 5.45. The normalized spacial score (nSPS) is 11.4. The van der Waals surface area contributed by atoms with Crippen molar-refractivity contribution in [2.24, 2.45) is 5.73 Å². The van der Waals surface area contributed by atoms with E-state index in [4.69, 9.17) is 10.5 Å². The summed E-state index contributed by atoms with van der Waals surface area (Å²) in [5.41, 5.74) is 6.75. The molecule has 1 aromatic rings. The number of hydrogen-bond donors (Lipinski definition) is 1. The van der Waals surface area contributed by atoms with Crippen molar-refractivity contribution < 1.29 is 4.74 Å². The van der Waals surface area contributed by atoms with E-state index in [9.17, 15) is 0 Å². The Bertz CT molecular complexity index is 376. The number of benzene rings is 1. The van der Waals surface area contributed by atoms with E-state index in [-0.39, 0.29) is 6.04 Å². The quantitative estimate of drug-likeness (QED) is 0.787. The minimum Gasteiger partial charge on any atom is -0.493 e. The minimum absolute atomic E-state index is 0.0420. The maximum atomic E-state index is 5.84. The maximum absolute atomic E-state index is 5.84. The molecule has 0 heterocycles. The van der Waals surface area contributed by atoms with Crippen LogP contribution in [0.15, 0.2) is 24.3 Å². The molecule has 0 amide bonds. The van der Waals surface area contributed by atoms with Crippen molar-refractivity contribution in [1.29, 1.82) is 0 Å².